The van der Waals surface area contributed by atoms with Crippen molar-refractivity contribution in [2.24, 2.45) is 0 Å². The van der Waals surface area contributed by atoms with E-state index < -0.39 is 6.04 Å². The molecule has 1 unspecified atom stereocenters. The molecule has 1 aromatic heterocycles. The molecule has 0 saturated carbocycles. The molecule has 0 N–H and O–H groups in total. The molecule has 5 aromatic rings. The standard InChI is InChI=1S/C34H33N3O3/c1-23-17-18-28(21-24(23)2)37-32(35-31-16-9-8-15-30(31)34(37)39)25(3)36(20-19-26-11-6-5-7-12-26)33(38)27-13-10-14-29(22-27)40-4/h5-18,21-22,25H,19-20H2,1-4H3. The lowest BCUT2D eigenvalue weighted by molar-refractivity contribution is 0.0683. The average Bonchev–Trinajstić information content (AvgIpc) is 2.99. The fraction of sp³-hybridized carbons (Fsp3) is 0.206. The van der Waals surface area contributed by atoms with E-state index in [0.29, 0.717) is 41.0 Å². The van der Waals surface area contributed by atoms with Gasteiger partial charge in [-0.2, -0.15) is 0 Å². The number of carbonyl (C=O) groups excluding carboxylic acids is 1. The molecule has 202 valence electrons. The van der Waals surface area contributed by atoms with Crippen molar-refractivity contribution in [3.8, 4) is 11.4 Å². The zero-order valence-electron chi connectivity index (χ0n) is 23.3. The highest BCUT2D eigenvalue weighted by molar-refractivity contribution is 5.95. The number of methoxy groups -OCH3 is 1. The molecule has 0 spiro atoms. The first-order valence-electron chi connectivity index (χ1n) is 13.5. The number of hydrogen-bond donors (Lipinski definition) is 0. The van der Waals surface area contributed by atoms with E-state index in [1.54, 1.807) is 34.8 Å². The summed E-state index contributed by atoms with van der Waals surface area (Å²) in [7, 11) is 1.58. The number of hydrogen-bond acceptors (Lipinski definition) is 4. The second-order valence-electron chi connectivity index (χ2n) is 10.0. The summed E-state index contributed by atoms with van der Waals surface area (Å²) in [4.78, 5) is 34.9. The number of nitrogens with zero attached hydrogens (tertiary/aromatic N) is 3. The molecule has 1 heterocycles. The van der Waals surface area contributed by atoms with Crippen LogP contribution in [-0.4, -0.2) is 34.0 Å². The van der Waals surface area contributed by atoms with Crippen LogP contribution >= 0.6 is 0 Å². The Hall–Kier alpha value is -4.71. The fourth-order valence-corrected chi connectivity index (χ4v) is 4.97. The van der Waals surface area contributed by atoms with Crippen molar-refractivity contribution in [2.45, 2.75) is 33.2 Å². The van der Waals surface area contributed by atoms with Gasteiger partial charge in [0.1, 0.15) is 11.6 Å². The first-order valence-corrected chi connectivity index (χ1v) is 13.5. The van der Waals surface area contributed by atoms with Crippen LogP contribution in [-0.2, 0) is 6.42 Å². The zero-order valence-corrected chi connectivity index (χ0v) is 23.3. The molecule has 0 fully saturated rings. The van der Waals surface area contributed by atoms with Crippen LogP contribution in [0.25, 0.3) is 16.6 Å². The average molecular weight is 532 g/mol. The molecule has 5 rings (SSSR count). The van der Waals surface area contributed by atoms with Crippen LogP contribution in [0.5, 0.6) is 5.75 Å². The Morgan fingerprint density at radius 2 is 1.65 bits per heavy atom. The number of benzene rings is 4. The number of aryl methyl sites for hydroxylation is 2. The number of ether oxygens (including phenoxy) is 1. The summed E-state index contributed by atoms with van der Waals surface area (Å²) < 4.78 is 7.05. The molecule has 0 radical (unpaired) electrons. The van der Waals surface area contributed by atoms with Gasteiger partial charge in [0.15, 0.2) is 0 Å². The van der Waals surface area contributed by atoms with Gasteiger partial charge in [0.25, 0.3) is 11.5 Å². The van der Waals surface area contributed by atoms with Crippen molar-refractivity contribution in [2.75, 3.05) is 13.7 Å². The summed E-state index contributed by atoms with van der Waals surface area (Å²) in [5.74, 6) is 0.963. The molecule has 0 aliphatic heterocycles. The van der Waals surface area contributed by atoms with E-state index in [-0.39, 0.29) is 11.5 Å². The first kappa shape index (κ1) is 26.9. The smallest absolute Gasteiger partial charge is 0.266 e. The largest absolute Gasteiger partial charge is 0.497 e. The summed E-state index contributed by atoms with van der Waals surface area (Å²) in [6.45, 7) is 6.45. The number of para-hydroxylation sites is 1. The molecule has 0 saturated heterocycles. The molecule has 0 aliphatic carbocycles. The minimum Gasteiger partial charge on any atom is -0.497 e. The third-order valence-electron chi connectivity index (χ3n) is 7.45. The lowest BCUT2D eigenvalue weighted by atomic mass is 10.1. The summed E-state index contributed by atoms with van der Waals surface area (Å²) in [6.07, 6.45) is 0.655. The second-order valence-corrected chi connectivity index (χ2v) is 10.0. The SMILES string of the molecule is COc1cccc(C(=O)N(CCc2ccccc2)C(C)c2nc3ccccc3c(=O)n2-c2ccc(C)c(C)c2)c1. The molecule has 4 aromatic carbocycles. The highest BCUT2D eigenvalue weighted by atomic mass is 16.5. The monoisotopic (exact) mass is 531 g/mol. The van der Waals surface area contributed by atoms with Crippen LogP contribution < -0.4 is 10.3 Å². The van der Waals surface area contributed by atoms with Gasteiger partial charge in [0, 0.05) is 12.1 Å². The van der Waals surface area contributed by atoms with Gasteiger partial charge in [0.2, 0.25) is 0 Å². The summed E-state index contributed by atoms with van der Waals surface area (Å²) in [5, 5.41) is 0.534. The molecule has 0 aliphatic rings. The van der Waals surface area contributed by atoms with E-state index in [9.17, 15) is 9.59 Å². The number of aromatic nitrogens is 2. The van der Waals surface area contributed by atoms with Crippen LogP contribution in [0.3, 0.4) is 0 Å². The maximum absolute atomic E-state index is 14.1. The number of rotatable bonds is 8. The van der Waals surface area contributed by atoms with Gasteiger partial charge in [-0.25, -0.2) is 4.98 Å². The maximum atomic E-state index is 14.1. The van der Waals surface area contributed by atoms with Gasteiger partial charge in [-0.3, -0.25) is 14.2 Å². The van der Waals surface area contributed by atoms with E-state index in [1.807, 2.05) is 87.5 Å². The predicted molar refractivity (Wildman–Crippen MR) is 159 cm³/mol. The van der Waals surface area contributed by atoms with Crippen molar-refractivity contribution in [3.05, 3.63) is 135 Å². The Morgan fingerprint density at radius 1 is 0.900 bits per heavy atom. The van der Waals surface area contributed by atoms with Gasteiger partial charge in [0.05, 0.1) is 29.7 Å². The van der Waals surface area contributed by atoms with Gasteiger partial charge in [-0.15, -0.1) is 0 Å². The van der Waals surface area contributed by atoms with Crippen molar-refractivity contribution in [3.63, 3.8) is 0 Å². The van der Waals surface area contributed by atoms with E-state index in [1.165, 1.54) is 0 Å². The van der Waals surface area contributed by atoms with Crippen molar-refractivity contribution >= 4 is 16.8 Å². The van der Waals surface area contributed by atoms with Crippen LogP contribution in [0.15, 0.2) is 102 Å². The zero-order chi connectivity index (χ0) is 28.2. The Labute approximate surface area is 234 Å². The van der Waals surface area contributed by atoms with Crippen molar-refractivity contribution in [1.29, 1.82) is 0 Å². The normalized spacial score (nSPS) is 11.8. The van der Waals surface area contributed by atoms with Crippen molar-refractivity contribution in [1.82, 2.24) is 14.5 Å². The van der Waals surface area contributed by atoms with Crippen molar-refractivity contribution < 1.29 is 9.53 Å². The molecular weight excluding hydrogens is 498 g/mol. The Kier molecular flexibility index (Phi) is 7.78. The molecule has 40 heavy (non-hydrogen) atoms. The predicted octanol–water partition coefficient (Wildman–Crippen LogP) is 6.46. The van der Waals surface area contributed by atoms with Gasteiger partial charge < -0.3 is 9.64 Å². The lowest BCUT2D eigenvalue weighted by Crippen LogP contribution is -2.38. The van der Waals surface area contributed by atoms with Gasteiger partial charge in [-0.05, 0) is 86.3 Å². The molecule has 1 amide bonds. The molecule has 6 nitrogen and oxygen atoms in total. The summed E-state index contributed by atoms with van der Waals surface area (Å²) >= 11 is 0. The highest BCUT2D eigenvalue weighted by Gasteiger charge is 2.28. The van der Waals surface area contributed by atoms with Gasteiger partial charge >= 0.3 is 0 Å². The Morgan fingerprint density at radius 3 is 2.40 bits per heavy atom. The van der Waals surface area contributed by atoms with E-state index >= 15 is 0 Å². The number of fused-ring (bicyclic) bond motifs is 1. The van der Waals surface area contributed by atoms with Crippen LogP contribution in [0.4, 0.5) is 0 Å². The molecule has 0 bridgehead atoms. The second kappa shape index (κ2) is 11.6. The Bertz CT molecular complexity index is 1730. The van der Waals surface area contributed by atoms with E-state index in [0.717, 1.165) is 22.4 Å². The maximum Gasteiger partial charge on any atom is 0.266 e. The third-order valence-corrected chi connectivity index (χ3v) is 7.45. The molecule has 1 atom stereocenters. The summed E-state index contributed by atoms with van der Waals surface area (Å²) in [6, 6.07) is 30.0. The fourth-order valence-electron chi connectivity index (χ4n) is 4.97. The highest BCUT2D eigenvalue weighted by Crippen LogP contribution is 2.26. The lowest BCUT2D eigenvalue weighted by Gasteiger charge is -2.31. The Balaban J connectivity index is 1.66. The molecular formula is C34H33N3O3. The van der Waals surface area contributed by atoms with E-state index in [4.69, 9.17) is 9.72 Å². The van der Waals surface area contributed by atoms with Crippen LogP contribution in [0, 0.1) is 13.8 Å². The first-order chi connectivity index (χ1) is 19.4. The van der Waals surface area contributed by atoms with Gasteiger partial charge in [-0.1, -0.05) is 54.6 Å². The minimum absolute atomic E-state index is 0.156. The topological polar surface area (TPSA) is 64.4 Å². The van der Waals surface area contributed by atoms with Crippen LogP contribution in [0.1, 0.15) is 45.8 Å². The summed E-state index contributed by atoms with van der Waals surface area (Å²) in [5.41, 5.74) is 5.02. The number of amides is 1. The number of carbonyl (C=O) groups is 1. The third kappa shape index (κ3) is 5.38. The minimum atomic E-state index is -0.513. The van der Waals surface area contributed by atoms with Crippen LogP contribution in [0.2, 0.25) is 0 Å². The molecule has 6 heteroatoms. The van der Waals surface area contributed by atoms with E-state index in [2.05, 4.69) is 12.1 Å². The quantitative estimate of drug-likeness (QED) is 0.231.